The molecular weight excluding hydrogens is 220 g/mol. The average molecular weight is 229 g/mol. The van der Waals surface area contributed by atoms with E-state index in [1.165, 1.54) is 12.3 Å². The first-order chi connectivity index (χ1) is 7.00. The topological polar surface area (TPSA) is 79.3 Å². The number of nitrogens with zero attached hydrogens (tertiary/aromatic N) is 1. The predicted molar refractivity (Wildman–Crippen MR) is 54.0 cm³/mol. The van der Waals surface area contributed by atoms with Gasteiger partial charge in [0.25, 0.3) is 5.91 Å². The van der Waals surface area contributed by atoms with Crippen LogP contribution >= 0.6 is 11.6 Å². The number of halogens is 1. The molecule has 0 aliphatic carbocycles. The van der Waals surface area contributed by atoms with Crippen molar-refractivity contribution in [3.8, 4) is 0 Å². The largest absolute Gasteiger partial charge is 0.480 e. The second-order valence-corrected chi connectivity index (χ2v) is 3.29. The summed E-state index contributed by atoms with van der Waals surface area (Å²) in [5, 5.41) is 10.8. The molecule has 0 radical (unpaired) electrons. The summed E-state index contributed by atoms with van der Waals surface area (Å²) in [7, 11) is 0. The number of aromatic nitrogens is 1. The van der Waals surface area contributed by atoms with Crippen molar-refractivity contribution >= 4 is 23.5 Å². The van der Waals surface area contributed by atoms with Crippen LogP contribution in [0.25, 0.3) is 0 Å². The van der Waals surface area contributed by atoms with E-state index in [9.17, 15) is 9.59 Å². The quantitative estimate of drug-likeness (QED) is 0.804. The first-order valence-electron chi connectivity index (χ1n) is 4.13. The van der Waals surface area contributed by atoms with Crippen LogP contribution in [0.5, 0.6) is 0 Å². The fourth-order valence-corrected chi connectivity index (χ4v) is 1.24. The van der Waals surface area contributed by atoms with Gasteiger partial charge in [0.05, 0.1) is 10.6 Å². The minimum Gasteiger partial charge on any atom is -0.480 e. The molecule has 1 rings (SSSR count). The second kappa shape index (κ2) is 4.75. The zero-order valence-corrected chi connectivity index (χ0v) is 8.71. The summed E-state index contributed by atoms with van der Waals surface area (Å²) in [4.78, 5) is 25.5. The van der Waals surface area contributed by atoms with Crippen molar-refractivity contribution in [2.75, 3.05) is 6.54 Å². The number of aryl methyl sites for hydroxylation is 1. The molecule has 80 valence electrons. The van der Waals surface area contributed by atoms with Gasteiger partial charge in [-0.2, -0.15) is 0 Å². The van der Waals surface area contributed by atoms with Gasteiger partial charge in [-0.25, -0.2) is 0 Å². The maximum atomic E-state index is 11.4. The molecule has 0 saturated heterocycles. The number of carbonyl (C=O) groups excluding carboxylic acids is 1. The molecule has 0 aliphatic heterocycles. The van der Waals surface area contributed by atoms with Crippen molar-refractivity contribution in [2.24, 2.45) is 0 Å². The van der Waals surface area contributed by atoms with E-state index in [-0.39, 0.29) is 10.6 Å². The third-order valence-corrected chi connectivity index (χ3v) is 1.95. The molecule has 1 amide bonds. The number of amides is 1. The highest BCUT2D eigenvalue weighted by molar-refractivity contribution is 6.33. The standard InChI is InChI=1S/C9H9ClN2O3/c1-5-2-7(10)6(3-11-5)9(15)12-4-8(13)14/h2-3H,4H2,1H3,(H,12,15)(H,13,14). The maximum absolute atomic E-state index is 11.4. The molecule has 5 nitrogen and oxygen atoms in total. The monoisotopic (exact) mass is 228 g/mol. The number of pyridine rings is 1. The summed E-state index contributed by atoms with van der Waals surface area (Å²) in [5.74, 6) is -1.66. The molecule has 0 fully saturated rings. The molecule has 0 aliphatic rings. The molecule has 0 aromatic carbocycles. The highest BCUT2D eigenvalue weighted by Crippen LogP contribution is 2.15. The minimum absolute atomic E-state index is 0.170. The molecule has 0 atom stereocenters. The zero-order valence-electron chi connectivity index (χ0n) is 7.95. The van der Waals surface area contributed by atoms with Gasteiger partial charge in [0.1, 0.15) is 6.54 Å². The predicted octanol–water partition coefficient (Wildman–Crippen LogP) is 0.858. The van der Waals surface area contributed by atoms with Crippen LogP contribution in [-0.4, -0.2) is 28.5 Å². The van der Waals surface area contributed by atoms with Crippen LogP contribution in [0.1, 0.15) is 16.1 Å². The van der Waals surface area contributed by atoms with E-state index in [4.69, 9.17) is 16.7 Å². The molecule has 1 aromatic heterocycles. The van der Waals surface area contributed by atoms with Crippen molar-refractivity contribution in [3.05, 3.63) is 28.5 Å². The van der Waals surface area contributed by atoms with E-state index >= 15 is 0 Å². The van der Waals surface area contributed by atoms with Gasteiger partial charge in [-0.3, -0.25) is 14.6 Å². The van der Waals surface area contributed by atoms with Crippen LogP contribution in [0.3, 0.4) is 0 Å². The summed E-state index contributed by atoms with van der Waals surface area (Å²) in [6.07, 6.45) is 1.31. The second-order valence-electron chi connectivity index (χ2n) is 2.88. The summed E-state index contributed by atoms with van der Waals surface area (Å²) >= 11 is 5.79. The highest BCUT2D eigenvalue weighted by atomic mass is 35.5. The third kappa shape index (κ3) is 3.21. The molecule has 0 saturated carbocycles. The van der Waals surface area contributed by atoms with Gasteiger partial charge in [0.2, 0.25) is 0 Å². The number of hydrogen-bond acceptors (Lipinski definition) is 3. The minimum atomic E-state index is -1.11. The lowest BCUT2D eigenvalue weighted by atomic mass is 10.2. The smallest absolute Gasteiger partial charge is 0.322 e. The van der Waals surface area contributed by atoms with Crippen LogP contribution in [-0.2, 0) is 4.79 Å². The van der Waals surface area contributed by atoms with Crippen molar-refractivity contribution in [2.45, 2.75) is 6.92 Å². The molecule has 0 spiro atoms. The van der Waals surface area contributed by atoms with E-state index < -0.39 is 18.4 Å². The van der Waals surface area contributed by atoms with Gasteiger partial charge in [-0.15, -0.1) is 0 Å². The molecule has 1 aromatic rings. The van der Waals surface area contributed by atoms with Crippen LogP contribution in [0.4, 0.5) is 0 Å². The normalized spacial score (nSPS) is 9.73. The molecular formula is C9H9ClN2O3. The van der Waals surface area contributed by atoms with Gasteiger partial charge < -0.3 is 10.4 Å². The number of aliphatic carboxylic acids is 1. The lowest BCUT2D eigenvalue weighted by Crippen LogP contribution is -2.29. The van der Waals surface area contributed by atoms with Gasteiger partial charge in [-0.1, -0.05) is 11.6 Å². The lowest BCUT2D eigenvalue weighted by Gasteiger charge is -2.04. The summed E-state index contributed by atoms with van der Waals surface area (Å²) in [5.41, 5.74) is 0.860. The van der Waals surface area contributed by atoms with E-state index in [0.29, 0.717) is 5.69 Å². The maximum Gasteiger partial charge on any atom is 0.322 e. The van der Waals surface area contributed by atoms with Crippen molar-refractivity contribution in [1.29, 1.82) is 0 Å². The van der Waals surface area contributed by atoms with Crippen molar-refractivity contribution in [3.63, 3.8) is 0 Å². The highest BCUT2D eigenvalue weighted by Gasteiger charge is 2.11. The Hall–Kier alpha value is -1.62. The van der Waals surface area contributed by atoms with E-state index in [1.807, 2.05) is 0 Å². The SMILES string of the molecule is Cc1cc(Cl)c(C(=O)NCC(=O)O)cn1. The van der Waals surface area contributed by atoms with Gasteiger partial charge >= 0.3 is 5.97 Å². The van der Waals surface area contributed by atoms with E-state index in [2.05, 4.69) is 10.3 Å². The van der Waals surface area contributed by atoms with Crippen LogP contribution in [0.2, 0.25) is 5.02 Å². The Morgan fingerprint density at radius 2 is 2.27 bits per heavy atom. The Morgan fingerprint density at radius 3 is 2.80 bits per heavy atom. The van der Waals surface area contributed by atoms with Crippen LogP contribution in [0.15, 0.2) is 12.3 Å². The molecule has 0 unspecified atom stereocenters. The Morgan fingerprint density at radius 1 is 1.60 bits per heavy atom. The zero-order chi connectivity index (χ0) is 11.4. The lowest BCUT2D eigenvalue weighted by molar-refractivity contribution is -0.135. The first-order valence-corrected chi connectivity index (χ1v) is 4.50. The molecule has 15 heavy (non-hydrogen) atoms. The fourth-order valence-electron chi connectivity index (χ4n) is 0.945. The number of carbonyl (C=O) groups is 2. The summed E-state index contributed by atoms with van der Waals surface area (Å²) < 4.78 is 0. The molecule has 6 heteroatoms. The Kier molecular flexibility index (Phi) is 3.62. The molecule has 1 heterocycles. The van der Waals surface area contributed by atoms with Crippen molar-refractivity contribution in [1.82, 2.24) is 10.3 Å². The molecule has 0 bridgehead atoms. The summed E-state index contributed by atoms with van der Waals surface area (Å²) in [6.45, 7) is 1.30. The van der Waals surface area contributed by atoms with Gasteiger partial charge in [0, 0.05) is 11.9 Å². The number of rotatable bonds is 3. The van der Waals surface area contributed by atoms with Crippen LogP contribution in [0, 0.1) is 6.92 Å². The number of carboxylic acids is 1. The van der Waals surface area contributed by atoms with E-state index in [1.54, 1.807) is 6.92 Å². The third-order valence-electron chi connectivity index (χ3n) is 1.63. The Labute approximate surface area is 91.1 Å². The Bertz CT molecular complexity index is 406. The summed E-state index contributed by atoms with van der Waals surface area (Å²) in [6, 6.07) is 1.54. The van der Waals surface area contributed by atoms with Crippen LogP contribution < -0.4 is 5.32 Å². The number of carboxylic acid groups (broad SMARTS) is 1. The fraction of sp³-hybridized carbons (Fsp3) is 0.222. The number of nitrogens with one attached hydrogen (secondary N) is 1. The van der Waals surface area contributed by atoms with Crippen molar-refractivity contribution < 1.29 is 14.7 Å². The molecule has 2 N–H and O–H groups in total. The first kappa shape index (κ1) is 11.5. The van der Waals surface area contributed by atoms with Gasteiger partial charge in [0.15, 0.2) is 0 Å². The van der Waals surface area contributed by atoms with E-state index in [0.717, 1.165) is 0 Å². The Balaban J connectivity index is 2.78. The number of hydrogen-bond donors (Lipinski definition) is 2. The van der Waals surface area contributed by atoms with Gasteiger partial charge in [-0.05, 0) is 13.0 Å². The average Bonchev–Trinajstić information content (AvgIpc) is 2.14.